The molecule has 1 atom stereocenters. The summed E-state index contributed by atoms with van der Waals surface area (Å²) in [7, 11) is 0. The van der Waals surface area contributed by atoms with E-state index in [9.17, 15) is 9.90 Å². The van der Waals surface area contributed by atoms with Gasteiger partial charge in [-0.25, -0.2) is 5.01 Å². The summed E-state index contributed by atoms with van der Waals surface area (Å²) in [5.41, 5.74) is 1.53. The second kappa shape index (κ2) is 5.87. The van der Waals surface area contributed by atoms with Crippen LogP contribution in [0.25, 0.3) is 0 Å². The molecule has 2 heterocycles. The number of phenolic OH excluding ortho intramolecular Hbond substituents is 1. The average molecular weight is 321 g/mol. The summed E-state index contributed by atoms with van der Waals surface area (Å²) in [6, 6.07) is 10.6. The Labute approximate surface area is 131 Å². The minimum Gasteiger partial charge on any atom is -0.508 e. The molecule has 1 unspecified atom stereocenters. The van der Waals surface area contributed by atoms with Crippen molar-refractivity contribution in [1.82, 2.24) is 5.01 Å². The van der Waals surface area contributed by atoms with Gasteiger partial charge in [-0.3, -0.25) is 4.79 Å². The molecule has 0 aliphatic carbocycles. The first-order valence-corrected chi connectivity index (χ1v) is 7.89. The van der Waals surface area contributed by atoms with Gasteiger partial charge in [-0.2, -0.15) is 5.10 Å². The van der Waals surface area contributed by atoms with Crippen LogP contribution in [0.5, 0.6) is 5.75 Å². The Hall–Kier alpha value is -1.85. The molecule has 1 aliphatic rings. The van der Waals surface area contributed by atoms with Crippen molar-refractivity contribution >= 4 is 34.6 Å². The summed E-state index contributed by atoms with van der Waals surface area (Å²) in [6.07, 6.45) is 0.570. The van der Waals surface area contributed by atoms with E-state index in [1.807, 2.05) is 23.6 Å². The molecule has 0 spiro atoms. The molecule has 1 aromatic carbocycles. The molecule has 0 saturated heterocycles. The highest BCUT2D eigenvalue weighted by atomic mass is 35.5. The molecule has 21 heavy (non-hydrogen) atoms. The van der Waals surface area contributed by atoms with Crippen LogP contribution >= 0.6 is 22.9 Å². The summed E-state index contributed by atoms with van der Waals surface area (Å²) in [5, 5.41) is 17.8. The number of hydrogen-bond donors (Lipinski definition) is 1. The third-order valence-electron chi connectivity index (χ3n) is 3.38. The number of phenols is 1. The lowest BCUT2D eigenvalue weighted by molar-refractivity contribution is -0.130. The quantitative estimate of drug-likeness (QED) is 0.882. The first-order valence-electron chi connectivity index (χ1n) is 6.48. The van der Waals surface area contributed by atoms with E-state index in [1.54, 1.807) is 29.5 Å². The highest BCUT2D eigenvalue weighted by molar-refractivity contribution is 7.12. The molecule has 1 N–H and O–H groups in total. The first-order chi connectivity index (χ1) is 10.2. The molecule has 0 saturated carbocycles. The summed E-state index contributed by atoms with van der Waals surface area (Å²) in [6.45, 7) is 0. The van der Waals surface area contributed by atoms with E-state index in [-0.39, 0.29) is 23.6 Å². The summed E-state index contributed by atoms with van der Waals surface area (Å²) < 4.78 is 0. The molecule has 4 nitrogen and oxygen atoms in total. The van der Waals surface area contributed by atoms with E-state index in [1.165, 1.54) is 5.01 Å². The number of amides is 1. The number of hydrazone groups is 1. The highest BCUT2D eigenvalue weighted by Crippen LogP contribution is 2.37. The van der Waals surface area contributed by atoms with Gasteiger partial charge in [0.1, 0.15) is 11.6 Å². The summed E-state index contributed by atoms with van der Waals surface area (Å²) in [5.74, 6) is -0.236. The van der Waals surface area contributed by atoms with Crippen molar-refractivity contribution in [3.8, 4) is 5.75 Å². The number of carbonyl (C=O) groups excluding carboxylic acids is 1. The largest absolute Gasteiger partial charge is 0.508 e. The van der Waals surface area contributed by atoms with Gasteiger partial charge in [-0.1, -0.05) is 24.3 Å². The van der Waals surface area contributed by atoms with Gasteiger partial charge < -0.3 is 5.11 Å². The second-order valence-electron chi connectivity index (χ2n) is 4.67. The van der Waals surface area contributed by atoms with Gasteiger partial charge in [-0.05, 0) is 17.5 Å². The minimum atomic E-state index is -0.311. The van der Waals surface area contributed by atoms with Gasteiger partial charge in [-0.15, -0.1) is 22.9 Å². The molecule has 1 amide bonds. The van der Waals surface area contributed by atoms with Crippen LogP contribution in [0.3, 0.4) is 0 Å². The monoisotopic (exact) mass is 320 g/mol. The van der Waals surface area contributed by atoms with Crippen LogP contribution in [0, 0.1) is 0 Å². The number of aromatic hydroxyl groups is 1. The SMILES string of the molecule is O=C(CCl)N1N=C(c2cccs2)CC1c1ccccc1O. The lowest BCUT2D eigenvalue weighted by Crippen LogP contribution is -2.28. The van der Waals surface area contributed by atoms with Crippen LogP contribution in [0.2, 0.25) is 0 Å². The molecular weight excluding hydrogens is 308 g/mol. The van der Waals surface area contributed by atoms with Crippen molar-refractivity contribution in [2.24, 2.45) is 5.10 Å². The van der Waals surface area contributed by atoms with E-state index in [2.05, 4.69) is 5.10 Å². The van der Waals surface area contributed by atoms with Crippen LogP contribution in [-0.2, 0) is 4.79 Å². The van der Waals surface area contributed by atoms with Crippen LogP contribution in [0.1, 0.15) is 22.9 Å². The predicted octanol–water partition coefficient (Wildman–Crippen LogP) is 3.37. The van der Waals surface area contributed by atoms with Gasteiger partial charge >= 0.3 is 0 Å². The number of hydrogen-bond acceptors (Lipinski definition) is 4. The standard InChI is InChI=1S/C15H13ClN2O2S/c16-9-15(20)18-12(10-4-1-2-5-13(10)19)8-11(17-18)14-6-3-7-21-14/h1-7,12,19H,8-9H2. The maximum atomic E-state index is 12.0. The fraction of sp³-hybridized carbons (Fsp3) is 0.200. The maximum Gasteiger partial charge on any atom is 0.258 e. The molecule has 2 aromatic rings. The second-order valence-corrected chi connectivity index (χ2v) is 5.89. The van der Waals surface area contributed by atoms with Gasteiger partial charge in [0.15, 0.2) is 0 Å². The first kappa shape index (κ1) is 14.1. The Morgan fingerprint density at radius 3 is 2.86 bits per heavy atom. The number of nitrogens with zero attached hydrogens (tertiary/aromatic N) is 2. The lowest BCUT2D eigenvalue weighted by atomic mass is 10.0. The number of benzene rings is 1. The third-order valence-corrected chi connectivity index (χ3v) is 4.53. The third kappa shape index (κ3) is 2.66. The maximum absolute atomic E-state index is 12.0. The van der Waals surface area contributed by atoms with Crippen LogP contribution in [0.4, 0.5) is 0 Å². The predicted molar refractivity (Wildman–Crippen MR) is 83.9 cm³/mol. The van der Waals surface area contributed by atoms with Gasteiger partial charge in [0.05, 0.1) is 16.6 Å². The molecular formula is C15H13ClN2O2S. The molecule has 0 radical (unpaired) electrons. The molecule has 0 fully saturated rings. The Morgan fingerprint density at radius 2 is 2.19 bits per heavy atom. The Morgan fingerprint density at radius 1 is 1.38 bits per heavy atom. The van der Waals surface area contributed by atoms with E-state index in [0.29, 0.717) is 12.0 Å². The van der Waals surface area contributed by atoms with Crippen molar-refractivity contribution in [3.63, 3.8) is 0 Å². The number of halogens is 1. The van der Waals surface area contributed by atoms with E-state index in [0.717, 1.165) is 10.6 Å². The van der Waals surface area contributed by atoms with E-state index < -0.39 is 0 Å². The van der Waals surface area contributed by atoms with Crippen molar-refractivity contribution < 1.29 is 9.90 Å². The van der Waals surface area contributed by atoms with Crippen LogP contribution in [-0.4, -0.2) is 27.6 Å². The molecule has 3 rings (SSSR count). The van der Waals surface area contributed by atoms with Crippen molar-refractivity contribution in [3.05, 3.63) is 52.2 Å². The average Bonchev–Trinajstić information content (AvgIpc) is 3.16. The zero-order valence-electron chi connectivity index (χ0n) is 11.1. The fourth-order valence-corrected chi connectivity index (χ4v) is 3.25. The van der Waals surface area contributed by atoms with Crippen molar-refractivity contribution in [1.29, 1.82) is 0 Å². The fourth-order valence-electron chi connectivity index (χ4n) is 2.40. The zero-order chi connectivity index (χ0) is 14.8. The number of rotatable bonds is 3. The van der Waals surface area contributed by atoms with Gasteiger partial charge in [0.25, 0.3) is 5.91 Å². The molecule has 1 aliphatic heterocycles. The van der Waals surface area contributed by atoms with Crippen LogP contribution < -0.4 is 0 Å². The zero-order valence-corrected chi connectivity index (χ0v) is 12.6. The van der Waals surface area contributed by atoms with Crippen molar-refractivity contribution in [2.75, 3.05) is 5.88 Å². The number of carbonyl (C=O) groups is 1. The normalized spacial score (nSPS) is 17.9. The molecule has 6 heteroatoms. The lowest BCUT2D eigenvalue weighted by Gasteiger charge is -2.21. The van der Waals surface area contributed by atoms with Crippen LogP contribution in [0.15, 0.2) is 46.9 Å². The molecule has 0 bridgehead atoms. The molecule has 1 aromatic heterocycles. The van der Waals surface area contributed by atoms with E-state index >= 15 is 0 Å². The molecule has 108 valence electrons. The topological polar surface area (TPSA) is 52.9 Å². The number of para-hydroxylation sites is 1. The number of alkyl halides is 1. The number of thiophene rings is 1. The Balaban J connectivity index is 1.98. The van der Waals surface area contributed by atoms with Crippen molar-refractivity contribution in [2.45, 2.75) is 12.5 Å². The van der Waals surface area contributed by atoms with Gasteiger partial charge in [0.2, 0.25) is 0 Å². The highest BCUT2D eigenvalue weighted by Gasteiger charge is 2.34. The summed E-state index contributed by atoms with van der Waals surface area (Å²) in [4.78, 5) is 13.1. The van der Waals surface area contributed by atoms with E-state index in [4.69, 9.17) is 11.6 Å². The Kier molecular flexibility index (Phi) is 3.94. The minimum absolute atomic E-state index is 0.134. The smallest absolute Gasteiger partial charge is 0.258 e. The Bertz CT molecular complexity index is 685. The van der Waals surface area contributed by atoms with Gasteiger partial charge in [0, 0.05) is 12.0 Å². The summed E-state index contributed by atoms with van der Waals surface area (Å²) >= 11 is 7.26.